The van der Waals surface area contributed by atoms with Gasteiger partial charge in [0.25, 0.3) is 5.69 Å². The van der Waals surface area contributed by atoms with Gasteiger partial charge >= 0.3 is 0 Å². The predicted molar refractivity (Wildman–Crippen MR) is 67.7 cm³/mol. The molecule has 0 N–H and O–H groups in total. The Balaban J connectivity index is 2.51. The molecule has 0 aliphatic rings. The van der Waals surface area contributed by atoms with Crippen LogP contribution in [0.5, 0.6) is 0 Å². The molecule has 0 bridgehead atoms. The first kappa shape index (κ1) is 14.3. The molecule has 0 amide bonds. The molecule has 0 aliphatic carbocycles. The van der Waals surface area contributed by atoms with Gasteiger partial charge in [-0.3, -0.25) is 14.9 Å². The highest BCUT2D eigenvalue weighted by Gasteiger charge is 2.11. The van der Waals surface area contributed by atoms with E-state index in [0.29, 0.717) is 18.1 Å². The van der Waals surface area contributed by atoms with Gasteiger partial charge in [0.2, 0.25) is 0 Å². The second kappa shape index (κ2) is 6.86. The third-order valence-electron chi connectivity index (χ3n) is 2.45. The minimum Gasteiger partial charge on any atom is -0.373 e. The molecule has 0 aromatic heterocycles. The Kier molecular flexibility index (Phi) is 5.45. The Labute approximate surface area is 106 Å². The standard InChI is InChI=1S/C13H17NO4/c1-10(2)6-7-18-9-13(15)11-4-3-5-12(8-11)14(16)17/h3-5,8,10H,6-7,9H2,1-2H3. The largest absolute Gasteiger partial charge is 0.373 e. The molecule has 1 aromatic carbocycles. The van der Waals surface area contributed by atoms with Gasteiger partial charge < -0.3 is 4.74 Å². The second-order valence-corrected chi connectivity index (χ2v) is 4.47. The Morgan fingerprint density at radius 3 is 2.78 bits per heavy atom. The summed E-state index contributed by atoms with van der Waals surface area (Å²) in [7, 11) is 0. The fourth-order valence-electron chi connectivity index (χ4n) is 1.36. The van der Waals surface area contributed by atoms with Crippen molar-refractivity contribution in [3.8, 4) is 0 Å². The van der Waals surface area contributed by atoms with Crippen molar-refractivity contribution in [3.63, 3.8) is 0 Å². The van der Waals surface area contributed by atoms with Crippen LogP contribution in [0.1, 0.15) is 30.6 Å². The van der Waals surface area contributed by atoms with Crippen LogP contribution in [0, 0.1) is 16.0 Å². The molecule has 5 nitrogen and oxygen atoms in total. The molecule has 0 unspecified atom stereocenters. The van der Waals surface area contributed by atoms with E-state index >= 15 is 0 Å². The van der Waals surface area contributed by atoms with Gasteiger partial charge in [-0.15, -0.1) is 0 Å². The maximum atomic E-state index is 11.7. The number of ether oxygens (including phenoxy) is 1. The van der Waals surface area contributed by atoms with Gasteiger partial charge in [0.15, 0.2) is 5.78 Å². The van der Waals surface area contributed by atoms with Crippen molar-refractivity contribution in [3.05, 3.63) is 39.9 Å². The van der Waals surface area contributed by atoms with Crippen LogP contribution in [-0.4, -0.2) is 23.9 Å². The summed E-state index contributed by atoms with van der Waals surface area (Å²) < 4.78 is 5.24. The van der Waals surface area contributed by atoms with Gasteiger partial charge in [-0.25, -0.2) is 0 Å². The fraction of sp³-hybridized carbons (Fsp3) is 0.462. The van der Waals surface area contributed by atoms with Gasteiger partial charge in [-0.1, -0.05) is 26.0 Å². The first-order valence-electron chi connectivity index (χ1n) is 5.86. The van der Waals surface area contributed by atoms with Gasteiger partial charge in [0.1, 0.15) is 6.61 Å². The van der Waals surface area contributed by atoms with E-state index in [1.807, 2.05) is 0 Å². The highest BCUT2D eigenvalue weighted by atomic mass is 16.6. The topological polar surface area (TPSA) is 69.4 Å². The lowest BCUT2D eigenvalue weighted by Gasteiger charge is -2.05. The van der Waals surface area contributed by atoms with Crippen LogP contribution in [0.25, 0.3) is 0 Å². The monoisotopic (exact) mass is 251 g/mol. The average Bonchev–Trinajstić information content (AvgIpc) is 2.34. The number of Topliss-reactive ketones (excluding diaryl/α,β-unsaturated/α-hetero) is 1. The summed E-state index contributed by atoms with van der Waals surface area (Å²) in [4.78, 5) is 21.8. The Morgan fingerprint density at radius 2 is 2.17 bits per heavy atom. The van der Waals surface area contributed by atoms with E-state index in [0.717, 1.165) is 6.42 Å². The molecule has 0 radical (unpaired) electrons. The zero-order valence-corrected chi connectivity index (χ0v) is 10.6. The summed E-state index contributed by atoms with van der Waals surface area (Å²) in [5.74, 6) is 0.292. The summed E-state index contributed by atoms with van der Waals surface area (Å²) in [5.41, 5.74) is 0.233. The summed E-state index contributed by atoms with van der Waals surface area (Å²) >= 11 is 0. The number of benzene rings is 1. The highest BCUT2D eigenvalue weighted by molar-refractivity contribution is 5.97. The lowest BCUT2D eigenvalue weighted by molar-refractivity contribution is -0.384. The Bertz CT molecular complexity index is 429. The first-order chi connectivity index (χ1) is 8.50. The normalized spacial score (nSPS) is 10.6. The quantitative estimate of drug-likeness (QED) is 0.323. The number of carbonyl (C=O) groups excluding carboxylic acids is 1. The van der Waals surface area contributed by atoms with Crippen molar-refractivity contribution in [1.82, 2.24) is 0 Å². The van der Waals surface area contributed by atoms with Crippen molar-refractivity contribution in [2.75, 3.05) is 13.2 Å². The second-order valence-electron chi connectivity index (χ2n) is 4.47. The Morgan fingerprint density at radius 1 is 1.44 bits per heavy atom. The molecule has 0 fully saturated rings. The third kappa shape index (κ3) is 4.63. The van der Waals surface area contributed by atoms with E-state index < -0.39 is 4.92 Å². The molecule has 98 valence electrons. The molecule has 1 rings (SSSR count). The molecule has 0 saturated carbocycles. The van der Waals surface area contributed by atoms with Crippen LogP contribution in [0.15, 0.2) is 24.3 Å². The number of hydrogen-bond acceptors (Lipinski definition) is 4. The molecule has 0 heterocycles. The number of nitro groups is 1. The SMILES string of the molecule is CC(C)CCOCC(=O)c1cccc([N+](=O)[O-])c1. The van der Waals surface area contributed by atoms with E-state index in [2.05, 4.69) is 13.8 Å². The molecular weight excluding hydrogens is 234 g/mol. The fourth-order valence-corrected chi connectivity index (χ4v) is 1.36. The van der Waals surface area contributed by atoms with Gasteiger partial charge in [0.05, 0.1) is 4.92 Å². The predicted octanol–water partition coefficient (Wildman–Crippen LogP) is 2.84. The van der Waals surface area contributed by atoms with Gasteiger partial charge in [-0.05, 0) is 12.3 Å². The summed E-state index contributed by atoms with van der Waals surface area (Å²) in [5, 5.41) is 10.6. The molecular formula is C13H17NO4. The molecule has 5 heteroatoms. The molecule has 0 aliphatic heterocycles. The first-order valence-corrected chi connectivity index (χ1v) is 5.86. The van der Waals surface area contributed by atoms with Crippen LogP contribution in [0.2, 0.25) is 0 Å². The zero-order valence-electron chi connectivity index (χ0n) is 10.6. The van der Waals surface area contributed by atoms with Crippen molar-refractivity contribution in [2.24, 2.45) is 5.92 Å². The summed E-state index contributed by atoms with van der Waals surface area (Å²) in [6.45, 7) is 4.64. The van der Waals surface area contributed by atoms with E-state index in [1.54, 1.807) is 6.07 Å². The molecule has 0 saturated heterocycles. The summed E-state index contributed by atoms with van der Waals surface area (Å²) in [6.07, 6.45) is 0.891. The molecule has 0 spiro atoms. The average molecular weight is 251 g/mol. The van der Waals surface area contributed by atoms with Crippen LogP contribution in [0.3, 0.4) is 0 Å². The molecule has 1 aromatic rings. The Hall–Kier alpha value is -1.75. The van der Waals surface area contributed by atoms with E-state index in [4.69, 9.17) is 4.74 Å². The van der Waals surface area contributed by atoms with E-state index in [9.17, 15) is 14.9 Å². The van der Waals surface area contributed by atoms with Crippen LogP contribution >= 0.6 is 0 Å². The van der Waals surface area contributed by atoms with Gasteiger partial charge in [-0.2, -0.15) is 0 Å². The maximum absolute atomic E-state index is 11.7. The lowest BCUT2D eigenvalue weighted by atomic mass is 10.1. The number of nitrogens with zero attached hydrogens (tertiary/aromatic N) is 1. The van der Waals surface area contributed by atoms with Crippen LogP contribution < -0.4 is 0 Å². The highest BCUT2D eigenvalue weighted by Crippen LogP contribution is 2.13. The van der Waals surface area contributed by atoms with Crippen molar-refractivity contribution in [1.29, 1.82) is 0 Å². The van der Waals surface area contributed by atoms with Crippen LogP contribution in [0.4, 0.5) is 5.69 Å². The van der Waals surface area contributed by atoms with Crippen molar-refractivity contribution < 1.29 is 14.5 Å². The lowest BCUT2D eigenvalue weighted by Crippen LogP contribution is -2.11. The smallest absolute Gasteiger partial charge is 0.270 e. The van der Waals surface area contributed by atoms with Crippen LogP contribution in [-0.2, 0) is 4.74 Å². The number of non-ortho nitro benzene ring substituents is 1. The van der Waals surface area contributed by atoms with E-state index in [1.165, 1.54) is 18.2 Å². The number of ketones is 1. The zero-order chi connectivity index (χ0) is 13.5. The summed E-state index contributed by atoms with van der Waals surface area (Å²) in [6, 6.07) is 5.69. The number of carbonyl (C=O) groups is 1. The maximum Gasteiger partial charge on any atom is 0.270 e. The van der Waals surface area contributed by atoms with E-state index in [-0.39, 0.29) is 18.1 Å². The third-order valence-corrected chi connectivity index (χ3v) is 2.45. The molecule has 0 atom stereocenters. The van der Waals surface area contributed by atoms with Crippen molar-refractivity contribution >= 4 is 11.5 Å². The number of hydrogen-bond donors (Lipinski definition) is 0. The number of rotatable bonds is 7. The number of nitro benzene ring substituents is 1. The van der Waals surface area contributed by atoms with Crippen molar-refractivity contribution in [2.45, 2.75) is 20.3 Å². The van der Waals surface area contributed by atoms with Gasteiger partial charge in [0, 0.05) is 24.3 Å². The molecule has 18 heavy (non-hydrogen) atoms. The minimum atomic E-state index is -0.517. The minimum absolute atomic E-state index is 0.0338.